The number of methoxy groups -OCH3 is 1. The quantitative estimate of drug-likeness (QED) is 0.839. The average Bonchev–Trinajstić information content (AvgIpc) is 2.84. The van der Waals surface area contributed by atoms with Crippen LogP contribution >= 0.6 is 0 Å². The van der Waals surface area contributed by atoms with Crippen molar-refractivity contribution in [2.24, 2.45) is 0 Å². The van der Waals surface area contributed by atoms with E-state index in [4.69, 9.17) is 5.73 Å². The zero-order valence-corrected chi connectivity index (χ0v) is 12.6. The van der Waals surface area contributed by atoms with Gasteiger partial charge < -0.3 is 10.5 Å². The van der Waals surface area contributed by atoms with Crippen molar-refractivity contribution in [1.82, 2.24) is 19.7 Å². The van der Waals surface area contributed by atoms with Gasteiger partial charge in [-0.1, -0.05) is 0 Å². The topological polar surface area (TPSA) is 120 Å². The minimum atomic E-state index is -0.418. The van der Waals surface area contributed by atoms with Crippen LogP contribution in [0.3, 0.4) is 0 Å². The molecule has 2 aromatic heterocycles. The van der Waals surface area contributed by atoms with Gasteiger partial charge in [0.05, 0.1) is 7.11 Å². The minimum Gasteiger partial charge on any atom is -0.469 e. The van der Waals surface area contributed by atoms with Crippen molar-refractivity contribution in [2.45, 2.75) is 26.3 Å². The second kappa shape index (κ2) is 6.22. The number of aromatic nitrogens is 4. The van der Waals surface area contributed by atoms with Crippen molar-refractivity contribution < 1.29 is 9.53 Å². The standard InChI is InChI=1S/C14H16N6O2/c1-8(2)20-14(16)10(5-15)13(19-20)9-6-17-11(18-7-9)4-12(21)22-3/h6-8H,4,16H2,1-3H3. The number of ether oxygens (including phenoxy) is 1. The molecule has 0 aliphatic heterocycles. The molecule has 2 N–H and O–H groups in total. The second-order valence-corrected chi connectivity index (χ2v) is 4.90. The molecule has 0 unspecified atom stereocenters. The Morgan fingerprint density at radius 1 is 1.45 bits per heavy atom. The van der Waals surface area contributed by atoms with Crippen molar-refractivity contribution >= 4 is 11.8 Å². The van der Waals surface area contributed by atoms with Crippen LogP contribution in [0.5, 0.6) is 0 Å². The van der Waals surface area contributed by atoms with Gasteiger partial charge in [-0.3, -0.25) is 4.79 Å². The number of nitriles is 1. The number of nitrogen functional groups attached to an aromatic ring is 1. The number of rotatable bonds is 4. The first-order chi connectivity index (χ1) is 10.5. The van der Waals surface area contributed by atoms with Gasteiger partial charge in [-0.2, -0.15) is 10.4 Å². The number of nitrogens with two attached hydrogens (primary N) is 1. The summed E-state index contributed by atoms with van der Waals surface area (Å²) in [6.07, 6.45) is 3.02. The van der Waals surface area contributed by atoms with Gasteiger partial charge in [-0.15, -0.1) is 0 Å². The first kappa shape index (κ1) is 15.4. The number of hydrogen-bond acceptors (Lipinski definition) is 7. The molecule has 22 heavy (non-hydrogen) atoms. The van der Waals surface area contributed by atoms with Crippen LogP contribution in [0.1, 0.15) is 31.3 Å². The normalized spacial score (nSPS) is 10.5. The molecule has 8 nitrogen and oxygen atoms in total. The molecule has 0 radical (unpaired) electrons. The van der Waals surface area contributed by atoms with Crippen LogP contribution in [-0.4, -0.2) is 32.8 Å². The molecular formula is C14H16N6O2. The van der Waals surface area contributed by atoms with E-state index in [1.165, 1.54) is 19.5 Å². The third kappa shape index (κ3) is 2.88. The molecule has 8 heteroatoms. The Morgan fingerprint density at radius 3 is 2.59 bits per heavy atom. The molecule has 0 spiro atoms. The lowest BCUT2D eigenvalue weighted by molar-refractivity contribution is -0.139. The average molecular weight is 300 g/mol. The summed E-state index contributed by atoms with van der Waals surface area (Å²) in [5.74, 6) is 0.232. The van der Waals surface area contributed by atoms with Crippen molar-refractivity contribution in [2.75, 3.05) is 12.8 Å². The Balaban J connectivity index is 2.38. The summed E-state index contributed by atoms with van der Waals surface area (Å²) >= 11 is 0. The van der Waals surface area contributed by atoms with Crippen molar-refractivity contribution in [1.29, 1.82) is 5.26 Å². The van der Waals surface area contributed by atoms with E-state index in [9.17, 15) is 10.1 Å². The lowest BCUT2D eigenvalue weighted by atomic mass is 10.1. The third-order valence-corrected chi connectivity index (χ3v) is 3.06. The number of nitrogens with zero attached hydrogens (tertiary/aromatic N) is 5. The molecule has 0 aliphatic rings. The lowest BCUT2D eigenvalue weighted by Gasteiger charge is -2.06. The van der Waals surface area contributed by atoms with Gasteiger partial charge in [0, 0.05) is 24.0 Å². The number of carbonyl (C=O) groups is 1. The van der Waals surface area contributed by atoms with Crippen LogP contribution in [0.15, 0.2) is 12.4 Å². The van der Waals surface area contributed by atoms with E-state index in [0.717, 1.165) is 0 Å². The molecule has 0 aliphatic carbocycles. The summed E-state index contributed by atoms with van der Waals surface area (Å²) in [5, 5.41) is 13.6. The summed E-state index contributed by atoms with van der Waals surface area (Å²) in [4.78, 5) is 19.4. The molecular weight excluding hydrogens is 284 g/mol. The predicted octanol–water partition coefficient (Wildman–Crippen LogP) is 1.09. The van der Waals surface area contributed by atoms with Gasteiger partial charge in [-0.05, 0) is 13.8 Å². The van der Waals surface area contributed by atoms with E-state index >= 15 is 0 Å². The maximum absolute atomic E-state index is 11.2. The van der Waals surface area contributed by atoms with Crippen molar-refractivity contribution in [3.8, 4) is 17.3 Å². The Labute approximate surface area is 127 Å². The van der Waals surface area contributed by atoms with Gasteiger partial charge >= 0.3 is 5.97 Å². The highest BCUT2D eigenvalue weighted by atomic mass is 16.5. The van der Waals surface area contributed by atoms with Crippen LogP contribution in [-0.2, 0) is 16.0 Å². The van der Waals surface area contributed by atoms with Gasteiger partial charge in [0.2, 0.25) is 0 Å². The van der Waals surface area contributed by atoms with Gasteiger partial charge in [0.1, 0.15) is 35.4 Å². The van der Waals surface area contributed by atoms with E-state index in [0.29, 0.717) is 22.9 Å². The maximum atomic E-state index is 11.2. The highest BCUT2D eigenvalue weighted by Gasteiger charge is 2.19. The lowest BCUT2D eigenvalue weighted by Crippen LogP contribution is -2.08. The Bertz CT molecular complexity index is 727. The predicted molar refractivity (Wildman–Crippen MR) is 78.5 cm³/mol. The number of carbonyl (C=O) groups excluding carboxylic acids is 1. The Hall–Kier alpha value is -2.95. The number of esters is 1. The zero-order valence-electron chi connectivity index (χ0n) is 12.6. The monoisotopic (exact) mass is 300 g/mol. The molecule has 114 valence electrons. The molecule has 2 aromatic rings. The largest absolute Gasteiger partial charge is 0.469 e. The Kier molecular flexibility index (Phi) is 4.36. The van der Waals surface area contributed by atoms with Crippen LogP contribution in [0.2, 0.25) is 0 Å². The first-order valence-electron chi connectivity index (χ1n) is 6.64. The second-order valence-electron chi connectivity index (χ2n) is 4.90. The molecule has 2 rings (SSSR count). The maximum Gasteiger partial charge on any atom is 0.313 e. The molecule has 0 bridgehead atoms. The van der Waals surface area contributed by atoms with Crippen molar-refractivity contribution in [3.05, 3.63) is 23.8 Å². The number of anilines is 1. The number of hydrogen-bond donors (Lipinski definition) is 1. The summed E-state index contributed by atoms with van der Waals surface area (Å²) in [5.41, 5.74) is 7.23. The van der Waals surface area contributed by atoms with Crippen LogP contribution in [0, 0.1) is 11.3 Å². The fourth-order valence-electron chi connectivity index (χ4n) is 1.92. The summed E-state index contributed by atoms with van der Waals surface area (Å²) < 4.78 is 6.14. The summed E-state index contributed by atoms with van der Waals surface area (Å²) in [7, 11) is 1.30. The molecule has 0 saturated heterocycles. The SMILES string of the molecule is COC(=O)Cc1ncc(-c2nn(C(C)C)c(N)c2C#N)cn1. The van der Waals surface area contributed by atoms with Crippen LogP contribution < -0.4 is 5.73 Å². The van der Waals surface area contributed by atoms with E-state index in [2.05, 4.69) is 25.9 Å². The minimum absolute atomic E-state index is 0.00946. The fraction of sp³-hybridized carbons (Fsp3) is 0.357. The van der Waals surface area contributed by atoms with Gasteiger partial charge in [0.25, 0.3) is 0 Å². The third-order valence-electron chi connectivity index (χ3n) is 3.06. The highest BCUT2D eigenvalue weighted by Crippen LogP contribution is 2.27. The smallest absolute Gasteiger partial charge is 0.313 e. The molecule has 0 amide bonds. The molecule has 0 atom stereocenters. The highest BCUT2D eigenvalue weighted by molar-refractivity contribution is 5.73. The van der Waals surface area contributed by atoms with E-state index in [1.54, 1.807) is 4.68 Å². The molecule has 0 aromatic carbocycles. The van der Waals surface area contributed by atoms with E-state index in [-0.39, 0.29) is 18.0 Å². The fourth-order valence-corrected chi connectivity index (χ4v) is 1.92. The molecule has 0 fully saturated rings. The summed E-state index contributed by atoms with van der Waals surface area (Å²) in [6, 6.07) is 2.08. The van der Waals surface area contributed by atoms with E-state index in [1.807, 2.05) is 13.8 Å². The first-order valence-corrected chi connectivity index (χ1v) is 6.64. The van der Waals surface area contributed by atoms with E-state index < -0.39 is 5.97 Å². The summed E-state index contributed by atoms with van der Waals surface area (Å²) in [6.45, 7) is 3.84. The molecule has 2 heterocycles. The zero-order chi connectivity index (χ0) is 16.3. The van der Waals surface area contributed by atoms with Gasteiger partial charge in [0.15, 0.2) is 0 Å². The Morgan fingerprint density at radius 2 is 2.09 bits per heavy atom. The van der Waals surface area contributed by atoms with Crippen molar-refractivity contribution in [3.63, 3.8) is 0 Å². The molecule has 0 saturated carbocycles. The van der Waals surface area contributed by atoms with Gasteiger partial charge in [-0.25, -0.2) is 14.6 Å². The van der Waals surface area contributed by atoms with Crippen LogP contribution in [0.4, 0.5) is 5.82 Å². The van der Waals surface area contributed by atoms with Crippen LogP contribution in [0.25, 0.3) is 11.3 Å².